The molecule has 2 aromatic rings. The number of ether oxygens (including phenoxy) is 2. The molecule has 4 rings (SSSR count). The summed E-state index contributed by atoms with van der Waals surface area (Å²) in [6.45, 7) is 4.04. The van der Waals surface area contributed by atoms with Crippen LogP contribution in [-0.2, 0) is 24.6 Å². The highest BCUT2D eigenvalue weighted by molar-refractivity contribution is 7.92. The Morgan fingerprint density at radius 3 is 2.50 bits per heavy atom. The van der Waals surface area contributed by atoms with Crippen molar-refractivity contribution in [3.8, 4) is 5.75 Å². The van der Waals surface area contributed by atoms with Crippen LogP contribution < -0.4 is 4.74 Å². The highest BCUT2D eigenvalue weighted by atomic mass is 32.2. The first-order valence-corrected chi connectivity index (χ1v) is 14.2. The maximum absolute atomic E-state index is 13.9. The van der Waals surface area contributed by atoms with Crippen molar-refractivity contribution in [2.24, 2.45) is 0 Å². The van der Waals surface area contributed by atoms with E-state index in [0.29, 0.717) is 42.6 Å². The van der Waals surface area contributed by atoms with E-state index >= 15 is 0 Å². The van der Waals surface area contributed by atoms with E-state index in [9.17, 15) is 16.8 Å². The van der Waals surface area contributed by atoms with E-state index in [1.165, 1.54) is 4.31 Å². The van der Waals surface area contributed by atoms with Gasteiger partial charge in [-0.15, -0.1) is 0 Å². The molecule has 0 bridgehead atoms. The fourth-order valence-corrected chi connectivity index (χ4v) is 8.27. The van der Waals surface area contributed by atoms with Gasteiger partial charge in [0.2, 0.25) is 10.0 Å². The molecular formula is C22H30N2O6S2. The molecule has 0 saturated carbocycles. The van der Waals surface area contributed by atoms with Gasteiger partial charge in [0.25, 0.3) is 0 Å². The molecule has 0 aromatic heterocycles. The van der Waals surface area contributed by atoms with E-state index in [-0.39, 0.29) is 22.9 Å². The fourth-order valence-electron chi connectivity index (χ4n) is 4.55. The molecule has 8 nitrogen and oxygen atoms in total. The topological polar surface area (TPSA) is 93.2 Å². The van der Waals surface area contributed by atoms with E-state index in [4.69, 9.17) is 9.47 Å². The second-order valence-corrected chi connectivity index (χ2v) is 12.4. The largest absolute Gasteiger partial charge is 0.496 e. The standard InChI is InChI=1S/C22H30N2O6S2/c1-29-21-7-8-22(20-6-3-2-5-19(20)21)32(27,28)24(18-9-16-31(25,26)17-18)11-4-10-23-12-14-30-15-13-23/h2-3,5-8,18H,4,9-17H2,1H3. The first-order valence-electron chi connectivity index (χ1n) is 10.9. The minimum Gasteiger partial charge on any atom is -0.496 e. The lowest BCUT2D eigenvalue weighted by Gasteiger charge is -2.30. The van der Waals surface area contributed by atoms with Crippen molar-refractivity contribution < 1.29 is 26.3 Å². The lowest BCUT2D eigenvalue weighted by Crippen LogP contribution is -2.43. The number of nitrogens with zero attached hydrogens (tertiary/aromatic N) is 2. The van der Waals surface area contributed by atoms with Crippen molar-refractivity contribution in [3.05, 3.63) is 36.4 Å². The van der Waals surface area contributed by atoms with E-state index < -0.39 is 25.9 Å². The molecule has 2 aromatic carbocycles. The molecular weight excluding hydrogens is 452 g/mol. The first-order chi connectivity index (χ1) is 15.3. The molecule has 0 aliphatic carbocycles. The van der Waals surface area contributed by atoms with Crippen LogP contribution >= 0.6 is 0 Å². The molecule has 32 heavy (non-hydrogen) atoms. The molecule has 1 unspecified atom stereocenters. The third-order valence-electron chi connectivity index (χ3n) is 6.22. The molecule has 10 heteroatoms. The Morgan fingerprint density at radius 1 is 1.12 bits per heavy atom. The van der Waals surface area contributed by atoms with Crippen LogP contribution in [0.4, 0.5) is 0 Å². The molecule has 0 amide bonds. The maximum atomic E-state index is 13.9. The predicted octanol–water partition coefficient (Wildman–Crippen LogP) is 1.75. The van der Waals surface area contributed by atoms with Gasteiger partial charge in [-0.3, -0.25) is 4.90 Å². The Balaban J connectivity index is 1.65. The van der Waals surface area contributed by atoms with Gasteiger partial charge in [-0.2, -0.15) is 4.31 Å². The smallest absolute Gasteiger partial charge is 0.243 e. The Bertz CT molecular complexity index is 1160. The summed E-state index contributed by atoms with van der Waals surface area (Å²) in [4.78, 5) is 2.44. The lowest BCUT2D eigenvalue weighted by atomic mass is 10.1. The highest BCUT2D eigenvalue weighted by Crippen LogP contribution is 2.34. The summed E-state index contributed by atoms with van der Waals surface area (Å²) >= 11 is 0. The zero-order valence-electron chi connectivity index (χ0n) is 18.3. The molecule has 2 aliphatic rings. The second kappa shape index (κ2) is 9.64. The van der Waals surface area contributed by atoms with E-state index in [2.05, 4.69) is 4.90 Å². The van der Waals surface area contributed by atoms with Crippen molar-refractivity contribution in [2.75, 3.05) is 58.0 Å². The maximum Gasteiger partial charge on any atom is 0.243 e. The minimum absolute atomic E-state index is 0.0243. The molecule has 0 spiro atoms. The van der Waals surface area contributed by atoms with Crippen LogP contribution in [0.3, 0.4) is 0 Å². The van der Waals surface area contributed by atoms with Crippen LogP contribution in [0.15, 0.2) is 41.3 Å². The molecule has 2 fully saturated rings. The zero-order valence-corrected chi connectivity index (χ0v) is 19.9. The summed E-state index contributed by atoms with van der Waals surface area (Å²) in [6, 6.07) is 9.91. The number of hydrogen-bond acceptors (Lipinski definition) is 7. The average Bonchev–Trinajstić information content (AvgIpc) is 3.15. The lowest BCUT2D eigenvalue weighted by molar-refractivity contribution is 0.0367. The third-order valence-corrected chi connectivity index (χ3v) is 9.98. The number of sulfonamides is 1. The number of fused-ring (bicyclic) bond motifs is 1. The zero-order chi connectivity index (χ0) is 22.8. The van der Waals surface area contributed by atoms with Gasteiger partial charge in [-0.25, -0.2) is 16.8 Å². The number of methoxy groups -OCH3 is 1. The van der Waals surface area contributed by atoms with Gasteiger partial charge in [0.15, 0.2) is 9.84 Å². The van der Waals surface area contributed by atoms with Crippen LogP contribution in [0.5, 0.6) is 5.75 Å². The van der Waals surface area contributed by atoms with Crippen molar-refractivity contribution in [3.63, 3.8) is 0 Å². The van der Waals surface area contributed by atoms with Gasteiger partial charge in [-0.05, 0) is 31.5 Å². The monoisotopic (exact) mass is 482 g/mol. The molecule has 2 saturated heterocycles. The predicted molar refractivity (Wildman–Crippen MR) is 123 cm³/mol. The number of benzene rings is 2. The summed E-state index contributed by atoms with van der Waals surface area (Å²) in [7, 11) is -5.60. The summed E-state index contributed by atoms with van der Waals surface area (Å²) in [5, 5.41) is 1.29. The van der Waals surface area contributed by atoms with Crippen LogP contribution in [0.25, 0.3) is 10.8 Å². The quantitative estimate of drug-likeness (QED) is 0.566. The first kappa shape index (κ1) is 23.4. The van der Waals surface area contributed by atoms with Crippen LogP contribution in [0, 0.1) is 0 Å². The van der Waals surface area contributed by atoms with Crippen molar-refractivity contribution in [1.82, 2.24) is 9.21 Å². The minimum atomic E-state index is -3.92. The SMILES string of the molecule is COc1ccc(S(=O)(=O)N(CCCN2CCOCC2)C2CCS(=O)(=O)C2)c2ccccc12. The number of sulfone groups is 1. The van der Waals surface area contributed by atoms with Crippen molar-refractivity contribution in [1.29, 1.82) is 0 Å². The van der Waals surface area contributed by atoms with E-state index in [1.54, 1.807) is 31.4 Å². The van der Waals surface area contributed by atoms with Crippen molar-refractivity contribution >= 4 is 30.6 Å². The Hall–Kier alpha value is -1.72. The fraction of sp³-hybridized carbons (Fsp3) is 0.545. The molecule has 1 atom stereocenters. The van der Waals surface area contributed by atoms with Gasteiger partial charge < -0.3 is 9.47 Å². The van der Waals surface area contributed by atoms with Crippen LogP contribution in [0.1, 0.15) is 12.8 Å². The summed E-state index contributed by atoms with van der Waals surface area (Å²) in [5.41, 5.74) is 0. The van der Waals surface area contributed by atoms with Gasteiger partial charge in [-0.1, -0.05) is 24.3 Å². The van der Waals surface area contributed by atoms with Crippen LogP contribution in [-0.4, -0.2) is 90.1 Å². The average molecular weight is 483 g/mol. The van der Waals surface area contributed by atoms with Gasteiger partial charge in [0.05, 0.1) is 36.7 Å². The molecule has 2 aliphatic heterocycles. The Labute approximate surface area is 190 Å². The number of rotatable bonds is 8. The summed E-state index contributed by atoms with van der Waals surface area (Å²) in [6.07, 6.45) is 0.955. The van der Waals surface area contributed by atoms with Gasteiger partial charge >= 0.3 is 0 Å². The van der Waals surface area contributed by atoms with E-state index in [1.807, 2.05) is 12.1 Å². The normalized spacial score (nSPS) is 21.9. The Morgan fingerprint density at radius 2 is 1.84 bits per heavy atom. The Kier molecular flexibility index (Phi) is 7.06. The number of morpholine rings is 1. The highest BCUT2D eigenvalue weighted by Gasteiger charge is 2.39. The van der Waals surface area contributed by atoms with Gasteiger partial charge in [0, 0.05) is 36.4 Å². The summed E-state index contributed by atoms with van der Waals surface area (Å²) in [5.74, 6) is 0.496. The number of hydrogen-bond donors (Lipinski definition) is 0. The molecule has 0 radical (unpaired) electrons. The van der Waals surface area contributed by atoms with Crippen LogP contribution in [0.2, 0.25) is 0 Å². The molecule has 0 N–H and O–H groups in total. The summed E-state index contributed by atoms with van der Waals surface area (Å²) < 4.78 is 64.3. The second-order valence-electron chi connectivity index (χ2n) is 8.29. The van der Waals surface area contributed by atoms with E-state index in [0.717, 1.165) is 19.6 Å². The third kappa shape index (κ3) is 4.94. The van der Waals surface area contributed by atoms with Gasteiger partial charge in [0.1, 0.15) is 5.75 Å². The van der Waals surface area contributed by atoms with Crippen molar-refractivity contribution in [2.45, 2.75) is 23.8 Å². The molecule has 2 heterocycles. The molecule has 176 valence electrons.